The number of rotatable bonds is 9. The van der Waals surface area contributed by atoms with E-state index in [1.165, 1.54) is 4.31 Å². The van der Waals surface area contributed by atoms with Crippen LogP contribution in [0.15, 0.2) is 65.6 Å². The van der Waals surface area contributed by atoms with E-state index in [1.807, 2.05) is 6.92 Å². The van der Waals surface area contributed by atoms with Crippen molar-refractivity contribution in [3.8, 4) is 5.75 Å². The van der Waals surface area contributed by atoms with Gasteiger partial charge in [-0.2, -0.15) is 4.31 Å². The number of benzene rings is 3. The molecule has 1 aliphatic rings. The lowest BCUT2D eigenvalue weighted by atomic mass is 10.1. The van der Waals surface area contributed by atoms with E-state index in [2.05, 4.69) is 0 Å². The van der Waals surface area contributed by atoms with Crippen molar-refractivity contribution in [3.05, 3.63) is 98.2 Å². The lowest BCUT2D eigenvalue weighted by molar-refractivity contribution is -0.897. The summed E-state index contributed by atoms with van der Waals surface area (Å²) in [5.41, 5.74) is 2.76. The fraction of sp³-hybridized carbons (Fsp3) is 0.296. The minimum Gasteiger partial charge on any atom is -0.632 e. The Morgan fingerprint density at radius 3 is 2.34 bits per heavy atom. The van der Waals surface area contributed by atoms with Crippen molar-refractivity contribution in [2.75, 3.05) is 26.2 Å². The van der Waals surface area contributed by atoms with Gasteiger partial charge in [0.15, 0.2) is 0 Å². The van der Waals surface area contributed by atoms with Crippen LogP contribution in [0, 0.1) is 12.1 Å². The molecule has 1 aliphatic heterocycles. The summed E-state index contributed by atoms with van der Waals surface area (Å²) >= 11 is 12.2. The van der Waals surface area contributed by atoms with Gasteiger partial charge >= 0.3 is 5.97 Å². The molecule has 11 heteroatoms. The summed E-state index contributed by atoms with van der Waals surface area (Å²) in [6.45, 7) is 2.27. The number of hydrogen-bond acceptors (Lipinski definition) is 5. The number of hydrogen-bond donors (Lipinski definition) is 1. The zero-order valence-electron chi connectivity index (χ0n) is 20.8. The fourth-order valence-electron chi connectivity index (χ4n) is 4.36. The number of ether oxygens (including phenoxy) is 1. The van der Waals surface area contributed by atoms with Crippen LogP contribution in [0.3, 0.4) is 0 Å². The predicted octanol–water partition coefficient (Wildman–Crippen LogP) is 5.03. The molecule has 0 aliphatic carbocycles. The number of sulfonamides is 1. The van der Waals surface area contributed by atoms with E-state index in [9.17, 15) is 23.5 Å². The summed E-state index contributed by atoms with van der Waals surface area (Å²) in [6.07, 6.45) is -0.197. The number of carbonyl (C=O) groups is 1. The van der Waals surface area contributed by atoms with Gasteiger partial charge in [0.05, 0.1) is 37.5 Å². The molecular formula is C27H28Cl2N2O6S. The molecule has 0 bridgehead atoms. The quantitative estimate of drug-likeness (QED) is 0.282. The van der Waals surface area contributed by atoms with Gasteiger partial charge in [-0.3, -0.25) is 4.79 Å². The molecule has 8 nitrogen and oxygen atoms in total. The summed E-state index contributed by atoms with van der Waals surface area (Å²) in [7, 11) is -3.70. The smallest absolute Gasteiger partial charge is 0.307 e. The fourth-order valence-corrected chi connectivity index (χ4v) is 6.24. The van der Waals surface area contributed by atoms with Crippen molar-refractivity contribution in [3.63, 3.8) is 0 Å². The van der Waals surface area contributed by atoms with Gasteiger partial charge in [-0.1, -0.05) is 53.0 Å². The van der Waals surface area contributed by atoms with Crippen molar-refractivity contribution in [2.24, 2.45) is 0 Å². The summed E-state index contributed by atoms with van der Waals surface area (Å²) in [4.78, 5) is 11.5. The van der Waals surface area contributed by atoms with Crippen LogP contribution >= 0.6 is 23.2 Å². The Morgan fingerprint density at radius 1 is 1.03 bits per heavy atom. The number of aryl methyl sites for hydroxylation is 1. The number of quaternary nitrogens is 1. The van der Waals surface area contributed by atoms with Crippen LogP contribution in [0.1, 0.15) is 22.3 Å². The second-order valence-electron chi connectivity index (χ2n) is 9.42. The van der Waals surface area contributed by atoms with Gasteiger partial charge in [0.25, 0.3) is 0 Å². The average Bonchev–Trinajstić information content (AvgIpc) is 2.84. The van der Waals surface area contributed by atoms with Gasteiger partial charge in [-0.05, 0) is 48.9 Å². The third-order valence-corrected chi connectivity index (χ3v) is 9.01. The number of aliphatic carboxylic acids is 1. The van der Waals surface area contributed by atoms with Crippen LogP contribution in [0.25, 0.3) is 0 Å². The van der Waals surface area contributed by atoms with E-state index in [4.69, 9.17) is 27.9 Å². The van der Waals surface area contributed by atoms with Crippen molar-refractivity contribution in [1.82, 2.24) is 4.31 Å². The average molecular weight is 580 g/mol. The maximum absolute atomic E-state index is 13.7. The maximum atomic E-state index is 13.7. The molecule has 4 rings (SSSR count). The summed E-state index contributed by atoms with van der Waals surface area (Å²) < 4.78 is 32.8. The molecule has 0 spiro atoms. The van der Waals surface area contributed by atoms with E-state index < -0.39 is 20.6 Å². The summed E-state index contributed by atoms with van der Waals surface area (Å²) in [5.74, 6) is -0.549. The molecule has 1 fully saturated rings. The second-order valence-corrected chi connectivity index (χ2v) is 12.2. The molecule has 0 amide bonds. The Hall–Kier alpha value is -2.66. The Kier molecular flexibility index (Phi) is 8.66. The highest BCUT2D eigenvalue weighted by atomic mass is 35.5. The number of nitrogens with zero attached hydrogens (tertiary/aromatic N) is 2. The third-order valence-electron chi connectivity index (χ3n) is 6.51. The van der Waals surface area contributed by atoms with Crippen LogP contribution in [0.4, 0.5) is 0 Å². The van der Waals surface area contributed by atoms with Crippen LogP contribution < -0.4 is 4.74 Å². The lowest BCUT2D eigenvalue weighted by Crippen LogP contribution is -2.56. The van der Waals surface area contributed by atoms with Gasteiger partial charge in [-0.15, -0.1) is 0 Å². The van der Waals surface area contributed by atoms with Crippen molar-refractivity contribution < 1.29 is 27.7 Å². The first-order chi connectivity index (χ1) is 17.9. The first-order valence-electron chi connectivity index (χ1n) is 12.0. The lowest BCUT2D eigenvalue weighted by Gasteiger charge is -2.48. The SMILES string of the molecule is Cc1ccc(S(=O)(=O)N2CC[N+]([O-])(Cc3cc(CC(=O)O)ccc3OCc3ccc(Cl)cc3Cl)CC2)cc1. The molecule has 0 saturated carbocycles. The number of hydroxylamine groups is 3. The Labute approximate surface area is 232 Å². The molecule has 202 valence electrons. The maximum Gasteiger partial charge on any atom is 0.307 e. The minimum atomic E-state index is -3.70. The Bertz CT molecular complexity index is 1420. The molecule has 1 N–H and O–H groups in total. The summed E-state index contributed by atoms with van der Waals surface area (Å²) in [5, 5.41) is 23.9. The van der Waals surface area contributed by atoms with E-state index in [1.54, 1.807) is 60.7 Å². The van der Waals surface area contributed by atoms with Gasteiger partial charge in [0.1, 0.15) is 18.9 Å². The molecule has 3 aromatic rings. The first kappa shape index (κ1) is 28.4. The van der Waals surface area contributed by atoms with Gasteiger partial charge in [-0.25, -0.2) is 8.42 Å². The predicted molar refractivity (Wildman–Crippen MR) is 146 cm³/mol. The molecule has 38 heavy (non-hydrogen) atoms. The number of carboxylic acids is 1. The standard InChI is InChI=1S/C27H28Cl2N2O6S/c1-19-2-7-24(8-3-19)38(35,36)30-10-12-31(34,13-11-30)17-22-14-20(15-27(32)33)4-9-26(22)37-18-21-5-6-23(28)16-25(21)29/h2-9,14,16H,10-13,15,17-18H2,1H3,(H,32,33). The Balaban J connectivity index is 1.51. The van der Waals surface area contributed by atoms with E-state index in [-0.39, 0.29) is 50.6 Å². The largest absolute Gasteiger partial charge is 0.632 e. The van der Waals surface area contributed by atoms with Crippen molar-refractivity contribution >= 4 is 39.2 Å². The van der Waals surface area contributed by atoms with Crippen molar-refractivity contribution in [2.45, 2.75) is 31.4 Å². The third kappa shape index (κ3) is 6.85. The van der Waals surface area contributed by atoms with Crippen LogP contribution in [-0.4, -0.2) is 54.6 Å². The van der Waals surface area contributed by atoms with E-state index in [0.29, 0.717) is 32.5 Å². The van der Waals surface area contributed by atoms with Crippen LogP contribution in [-0.2, 0) is 34.4 Å². The van der Waals surface area contributed by atoms with E-state index >= 15 is 0 Å². The van der Waals surface area contributed by atoms with Gasteiger partial charge < -0.3 is 19.7 Å². The molecule has 1 saturated heterocycles. The first-order valence-corrected chi connectivity index (χ1v) is 14.2. The Morgan fingerprint density at radius 2 is 1.71 bits per heavy atom. The highest BCUT2D eigenvalue weighted by Crippen LogP contribution is 2.29. The summed E-state index contributed by atoms with van der Waals surface area (Å²) in [6, 6.07) is 16.7. The zero-order valence-corrected chi connectivity index (χ0v) is 23.1. The number of carboxylic acid groups (broad SMARTS) is 1. The molecule has 0 atom stereocenters. The van der Waals surface area contributed by atoms with Crippen LogP contribution in [0.2, 0.25) is 10.0 Å². The topological polar surface area (TPSA) is 107 Å². The monoisotopic (exact) mass is 578 g/mol. The molecule has 0 unspecified atom stereocenters. The zero-order chi connectivity index (χ0) is 27.5. The highest BCUT2D eigenvalue weighted by molar-refractivity contribution is 7.89. The minimum absolute atomic E-state index is 0.00949. The van der Waals surface area contributed by atoms with Gasteiger partial charge in [0, 0.05) is 21.2 Å². The number of halogens is 2. The number of piperazine rings is 1. The highest BCUT2D eigenvalue weighted by Gasteiger charge is 2.34. The molecule has 3 aromatic carbocycles. The van der Waals surface area contributed by atoms with Gasteiger partial charge in [0.2, 0.25) is 10.0 Å². The van der Waals surface area contributed by atoms with Crippen molar-refractivity contribution in [1.29, 1.82) is 0 Å². The molecular weight excluding hydrogens is 551 g/mol. The second kappa shape index (κ2) is 11.6. The van der Waals surface area contributed by atoms with E-state index in [0.717, 1.165) is 5.56 Å². The molecule has 0 radical (unpaired) electrons. The molecule has 0 aromatic heterocycles. The normalized spacial score (nSPS) is 15.8. The molecule has 1 heterocycles. The van der Waals surface area contributed by atoms with Crippen LogP contribution in [0.5, 0.6) is 5.75 Å².